The molecule has 1 heterocycles. The Morgan fingerprint density at radius 2 is 1.43 bits per heavy atom. The van der Waals surface area contributed by atoms with Gasteiger partial charge in [0, 0.05) is 29.2 Å². The molecule has 0 amide bonds. The SMILES string of the molecule is COc1ccc(Nc2cc(C)nc(Nc3c(C)cc(C)cc3C)n2)cc1OC. The van der Waals surface area contributed by atoms with Crippen LogP contribution >= 0.6 is 0 Å². The molecule has 0 radical (unpaired) electrons. The summed E-state index contributed by atoms with van der Waals surface area (Å²) in [7, 11) is 3.23. The molecule has 0 spiro atoms. The lowest BCUT2D eigenvalue weighted by atomic mass is 10.1. The maximum absolute atomic E-state index is 5.37. The first-order valence-electron chi connectivity index (χ1n) is 9.09. The summed E-state index contributed by atoms with van der Waals surface area (Å²) in [6.45, 7) is 8.21. The van der Waals surface area contributed by atoms with E-state index in [4.69, 9.17) is 9.47 Å². The number of hydrogen-bond acceptors (Lipinski definition) is 6. The van der Waals surface area contributed by atoms with Gasteiger partial charge >= 0.3 is 0 Å². The first-order chi connectivity index (χ1) is 13.4. The van der Waals surface area contributed by atoms with E-state index in [1.807, 2.05) is 31.2 Å². The summed E-state index contributed by atoms with van der Waals surface area (Å²) in [5.41, 5.74) is 6.32. The van der Waals surface area contributed by atoms with Crippen LogP contribution < -0.4 is 20.1 Å². The van der Waals surface area contributed by atoms with Crippen LogP contribution in [-0.2, 0) is 0 Å². The Morgan fingerprint density at radius 3 is 2.07 bits per heavy atom. The van der Waals surface area contributed by atoms with Gasteiger partial charge in [-0.25, -0.2) is 4.98 Å². The number of anilines is 4. The van der Waals surface area contributed by atoms with Crippen molar-refractivity contribution in [1.29, 1.82) is 0 Å². The van der Waals surface area contributed by atoms with Gasteiger partial charge in [-0.05, 0) is 51.0 Å². The molecule has 1 aromatic heterocycles. The van der Waals surface area contributed by atoms with Gasteiger partial charge in [-0.2, -0.15) is 4.98 Å². The first-order valence-corrected chi connectivity index (χ1v) is 9.09. The average Bonchev–Trinajstić information content (AvgIpc) is 2.64. The quantitative estimate of drug-likeness (QED) is 0.613. The summed E-state index contributed by atoms with van der Waals surface area (Å²) in [6.07, 6.45) is 0. The van der Waals surface area contributed by atoms with Crippen molar-refractivity contribution in [1.82, 2.24) is 9.97 Å². The van der Waals surface area contributed by atoms with Crippen molar-refractivity contribution in [2.24, 2.45) is 0 Å². The molecule has 0 bridgehead atoms. The Labute approximate surface area is 166 Å². The maximum Gasteiger partial charge on any atom is 0.229 e. The highest BCUT2D eigenvalue weighted by Crippen LogP contribution is 2.31. The van der Waals surface area contributed by atoms with E-state index in [2.05, 4.69) is 53.5 Å². The molecule has 0 aliphatic rings. The number of benzene rings is 2. The van der Waals surface area contributed by atoms with Crippen LogP contribution in [0.4, 0.5) is 23.1 Å². The molecule has 6 nitrogen and oxygen atoms in total. The molecule has 0 atom stereocenters. The third kappa shape index (κ3) is 4.34. The summed E-state index contributed by atoms with van der Waals surface area (Å²) in [4.78, 5) is 9.15. The highest BCUT2D eigenvalue weighted by molar-refractivity contribution is 5.66. The van der Waals surface area contributed by atoms with E-state index < -0.39 is 0 Å². The summed E-state index contributed by atoms with van der Waals surface area (Å²) >= 11 is 0. The molecule has 0 aliphatic heterocycles. The van der Waals surface area contributed by atoms with Gasteiger partial charge in [0.15, 0.2) is 11.5 Å². The van der Waals surface area contributed by atoms with Crippen LogP contribution in [0.15, 0.2) is 36.4 Å². The van der Waals surface area contributed by atoms with E-state index in [1.165, 1.54) is 5.56 Å². The molecule has 3 rings (SSSR count). The Morgan fingerprint density at radius 1 is 0.750 bits per heavy atom. The fourth-order valence-corrected chi connectivity index (χ4v) is 3.24. The van der Waals surface area contributed by atoms with Crippen molar-refractivity contribution < 1.29 is 9.47 Å². The van der Waals surface area contributed by atoms with Gasteiger partial charge in [-0.1, -0.05) is 17.7 Å². The van der Waals surface area contributed by atoms with E-state index in [0.29, 0.717) is 23.3 Å². The third-order valence-electron chi connectivity index (χ3n) is 4.42. The lowest BCUT2D eigenvalue weighted by Gasteiger charge is -2.15. The molecular weight excluding hydrogens is 352 g/mol. The molecule has 0 saturated carbocycles. The van der Waals surface area contributed by atoms with E-state index in [0.717, 1.165) is 28.2 Å². The molecule has 0 saturated heterocycles. The monoisotopic (exact) mass is 378 g/mol. The smallest absolute Gasteiger partial charge is 0.229 e. The summed E-state index contributed by atoms with van der Waals surface area (Å²) < 4.78 is 10.7. The van der Waals surface area contributed by atoms with Crippen LogP contribution in [0.2, 0.25) is 0 Å². The van der Waals surface area contributed by atoms with Crippen LogP contribution in [0, 0.1) is 27.7 Å². The first kappa shape index (κ1) is 19.5. The Balaban J connectivity index is 1.88. The van der Waals surface area contributed by atoms with E-state index >= 15 is 0 Å². The Kier molecular flexibility index (Phi) is 5.68. The normalized spacial score (nSPS) is 10.5. The average molecular weight is 378 g/mol. The topological polar surface area (TPSA) is 68.3 Å². The highest BCUT2D eigenvalue weighted by Gasteiger charge is 2.09. The second-order valence-corrected chi connectivity index (χ2v) is 6.81. The molecule has 0 unspecified atom stereocenters. The van der Waals surface area contributed by atoms with Gasteiger partial charge < -0.3 is 20.1 Å². The minimum Gasteiger partial charge on any atom is -0.493 e. The van der Waals surface area contributed by atoms with Crippen molar-refractivity contribution in [3.8, 4) is 11.5 Å². The molecule has 2 N–H and O–H groups in total. The van der Waals surface area contributed by atoms with Crippen molar-refractivity contribution in [2.75, 3.05) is 24.9 Å². The number of nitrogens with zero attached hydrogens (tertiary/aromatic N) is 2. The van der Waals surface area contributed by atoms with Gasteiger partial charge in [-0.3, -0.25) is 0 Å². The van der Waals surface area contributed by atoms with Crippen molar-refractivity contribution >= 4 is 23.1 Å². The zero-order chi connectivity index (χ0) is 20.3. The van der Waals surface area contributed by atoms with Crippen molar-refractivity contribution in [3.63, 3.8) is 0 Å². The van der Waals surface area contributed by atoms with Crippen molar-refractivity contribution in [2.45, 2.75) is 27.7 Å². The number of hydrogen-bond donors (Lipinski definition) is 2. The Bertz CT molecular complexity index is 979. The molecule has 6 heteroatoms. The number of nitrogens with one attached hydrogen (secondary N) is 2. The fourth-order valence-electron chi connectivity index (χ4n) is 3.24. The van der Waals surface area contributed by atoms with Crippen LogP contribution in [0.5, 0.6) is 11.5 Å². The van der Waals surface area contributed by atoms with Crippen LogP contribution in [0.3, 0.4) is 0 Å². The molecule has 146 valence electrons. The lowest BCUT2D eigenvalue weighted by Crippen LogP contribution is -2.04. The van der Waals surface area contributed by atoms with E-state index in [-0.39, 0.29) is 0 Å². The van der Waals surface area contributed by atoms with Gasteiger partial charge in [0.1, 0.15) is 5.82 Å². The van der Waals surface area contributed by atoms with E-state index in [1.54, 1.807) is 14.2 Å². The number of aryl methyl sites for hydroxylation is 4. The second kappa shape index (κ2) is 8.17. The third-order valence-corrected chi connectivity index (χ3v) is 4.42. The van der Waals surface area contributed by atoms with Crippen molar-refractivity contribution in [3.05, 3.63) is 58.8 Å². The minimum atomic E-state index is 0.554. The number of methoxy groups -OCH3 is 2. The molecule has 0 aliphatic carbocycles. The summed E-state index contributed by atoms with van der Waals surface area (Å²) in [5, 5.41) is 6.68. The fraction of sp³-hybridized carbons (Fsp3) is 0.273. The highest BCUT2D eigenvalue weighted by atomic mass is 16.5. The Hall–Kier alpha value is -3.28. The zero-order valence-corrected chi connectivity index (χ0v) is 17.2. The van der Waals surface area contributed by atoms with Crippen LogP contribution in [-0.4, -0.2) is 24.2 Å². The van der Waals surface area contributed by atoms with Crippen LogP contribution in [0.1, 0.15) is 22.4 Å². The van der Waals surface area contributed by atoms with E-state index in [9.17, 15) is 0 Å². The van der Waals surface area contributed by atoms with Gasteiger partial charge in [-0.15, -0.1) is 0 Å². The summed E-state index contributed by atoms with van der Waals surface area (Å²) in [5.74, 6) is 2.59. The predicted octanol–water partition coefficient (Wildman–Crippen LogP) is 5.21. The zero-order valence-electron chi connectivity index (χ0n) is 17.2. The summed E-state index contributed by atoms with van der Waals surface area (Å²) in [6, 6.07) is 11.8. The predicted molar refractivity (Wildman–Crippen MR) is 114 cm³/mol. The minimum absolute atomic E-state index is 0.554. The standard InChI is InChI=1S/C22H26N4O2/c1-13-9-14(2)21(15(3)10-13)26-22-23-16(4)11-20(25-22)24-17-7-8-18(27-5)19(12-17)28-6/h7-12H,1-6H3,(H2,23,24,25,26). The van der Waals surface area contributed by atoms with Gasteiger partial charge in [0.05, 0.1) is 14.2 Å². The molecule has 2 aromatic carbocycles. The van der Waals surface area contributed by atoms with Gasteiger partial charge in [0.25, 0.3) is 0 Å². The second-order valence-electron chi connectivity index (χ2n) is 6.81. The molecular formula is C22H26N4O2. The number of ether oxygens (including phenoxy) is 2. The largest absolute Gasteiger partial charge is 0.493 e. The maximum atomic E-state index is 5.37. The molecule has 28 heavy (non-hydrogen) atoms. The number of rotatable bonds is 6. The molecule has 3 aromatic rings. The number of aromatic nitrogens is 2. The van der Waals surface area contributed by atoms with Gasteiger partial charge in [0.2, 0.25) is 5.95 Å². The molecule has 0 fully saturated rings. The van der Waals surface area contributed by atoms with Crippen LogP contribution in [0.25, 0.3) is 0 Å². The lowest BCUT2D eigenvalue weighted by molar-refractivity contribution is 0.355.